The minimum absolute atomic E-state index is 0.0709. The fraction of sp³-hybridized carbons (Fsp3) is 0.267. The second kappa shape index (κ2) is 5.29. The highest BCUT2D eigenvalue weighted by molar-refractivity contribution is 7.22. The van der Waals surface area contributed by atoms with Gasteiger partial charge in [-0.3, -0.25) is 9.89 Å². The van der Waals surface area contributed by atoms with Gasteiger partial charge in [0.05, 0.1) is 22.3 Å². The number of nitrogens with zero attached hydrogens (tertiary/aromatic N) is 2. The quantitative estimate of drug-likeness (QED) is 0.780. The minimum atomic E-state index is -0.0709. The topological polar surface area (TPSA) is 70.7 Å². The molecule has 21 heavy (non-hydrogen) atoms. The lowest BCUT2D eigenvalue weighted by atomic mass is 10.1. The van der Waals surface area contributed by atoms with E-state index >= 15 is 0 Å². The van der Waals surface area contributed by atoms with Gasteiger partial charge in [0, 0.05) is 11.3 Å². The van der Waals surface area contributed by atoms with E-state index in [0.29, 0.717) is 11.6 Å². The van der Waals surface area contributed by atoms with Gasteiger partial charge in [0.1, 0.15) is 0 Å². The highest BCUT2D eigenvalue weighted by Crippen LogP contribution is 2.26. The normalized spacial score (nSPS) is 11.0. The van der Waals surface area contributed by atoms with Gasteiger partial charge in [0.25, 0.3) is 0 Å². The molecule has 3 aromatic rings. The van der Waals surface area contributed by atoms with E-state index < -0.39 is 0 Å². The Morgan fingerprint density at radius 1 is 1.33 bits per heavy atom. The molecular weight excluding hydrogens is 284 g/mol. The van der Waals surface area contributed by atoms with Crippen LogP contribution in [-0.4, -0.2) is 21.1 Å². The third-order valence-electron chi connectivity index (χ3n) is 3.41. The summed E-state index contributed by atoms with van der Waals surface area (Å²) in [5.41, 5.74) is 4.85. The van der Waals surface area contributed by atoms with Gasteiger partial charge in [0.2, 0.25) is 5.91 Å². The molecule has 0 unspecified atom stereocenters. The van der Waals surface area contributed by atoms with Crippen molar-refractivity contribution in [1.82, 2.24) is 15.2 Å². The molecule has 2 heterocycles. The van der Waals surface area contributed by atoms with E-state index in [-0.39, 0.29) is 5.91 Å². The summed E-state index contributed by atoms with van der Waals surface area (Å²) in [5.74, 6) is -0.0709. The van der Waals surface area contributed by atoms with Gasteiger partial charge in [0.15, 0.2) is 5.13 Å². The standard InChI is InChI=1S/C15H16N4OS/c1-8-4-5-12-13(6-8)21-15(16-12)17-14(20)7-11-9(2)18-19-10(11)3/h4-6H,7H2,1-3H3,(H,18,19)(H,16,17,20). The van der Waals surface area contributed by atoms with E-state index in [9.17, 15) is 4.79 Å². The lowest BCUT2D eigenvalue weighted by molar-refractivity contribution is -0.115. The number of aromatic amines is 1. The van der Waals surface area contributed by atoms with Crippen LogP contribution in [0.1, 0.15) is 22.5 Å². The average molecular weight is 300 g/mol. The van der Waals surface area contributed by atoms with E-state index in [1.165, 1.54) is 16.9 Å². The molecule has 0 aliphatic carbocycles. The Kier molecular flexibility index (Phi) is 3.47. The van der Waals surface area contributed by atoms with E-state index in [0.717, 1.165) is 27.2 Å². The fourth-order valence-corrected chi connectivity index (χ4v) is 3.22. The van der Waals surface area contributed by atoms with Gasteiger partial charge in [-0.1, -0.05) is 17.4 Å². The Bertz CT molecular complexity index is 799. The molecule has 0 atom stereocenters. The van der Waals surface area contributed by atoms with Gasteiger partial charge in [-0.2, -0.15) is 5.10 Å². The highest BCUT2D eigenvalue weighted by atomic mass is 32.1. The van der Waals surface area contributed by atoms with Crippen LogP contribution in [0.2, 0.25) is 0 Å². The summed E-state index contributed by atoms with van der Waals surface area (Å²) < 4.78 is 1.08. The van der Waals surface area contributed by atoms with Crippen molar-refractivity contribution in [2.75, 3.05) is 5.32 Å². The zero-order chi connectivity index (χ0) is 15.0. The van der Waals surface area contributed by atoms with Crippen LogP contribution in [0, 0.1) is 20.8 Å². The third kappa shape index (κ3) is 2.80. The van der Waals surface area contributed by atoms with Gasteiger partial charge in [-0.15, -0.1) is 0 Å². The summed E-state index contributed by atoms with van der Waals surface area (Å²) in [7, 11) is 0. The zero-order valence-corrected chi connectivity index (χ0v) is 13.0. The predicted octanol–water partition coefficient (Wildman–Crippen LogP) is 3.13. The maximum absolute atomic E-state index is 12.1. The molecule has 0 aliphatic rings. The van der Waals surface area contributed by atoms with E-state index in [1.54, 1.807) is 0 Å². The number of carbonyl (C=O) groups is 1. The Balaban J connectivity index is 1.77. The molecule has 5 nitrogen and oxygen atoms in total. The van der Waals surface area contributed by atoms with Gasteiger partial charge >= 0.3 is 0 Å². The number of amides is 1. The summed E-state index contributed by atoms with van der Waals surface area (Å²) in [6, 6.07) is 6.07. The van der Waals surface area contributed by atoms with Crippen LogP contribution in [0.3, 0.4) is 0 Å². The van der Waals surface area contributed by atoms with E-state index in [4.69, 9.17) is 0 Å². The van der Waals surface area contributed by atoms with Crippen molar-refractivity contribution in [2.24, 2.45) is 0 Å². The summed E-state index contributed by atoms with van der Waals surface area (Å²) in [4.78, 5) is 16.6. The molecule has 0 bridgehead atoms. The molecule has 0 aliphatic heterocycles. The van der Waals surface area contributed by atoms with Crippen LogP contribution >= 0.6 is 11.3 Å². The first-order chi connectivity index (χ1) is 10.0. The lowest BCUT2D eigenvalue weighted by Crippen LogP contribution is -2.15. The van der Waals surface area contributed by atoms with Crippen LogP contribution < -0.4 is 5.32 Å². The average Bonchev–Trinajstić information content (AvgIpc) is 2.95. The van der Waals surface area contributed by atoms with Crippen LogP contribution in [0.5, 0.6) is 0 Å². The largest absolute Gasteiger partial charge is 0.302 e. The molecule has 1 aromatic carbocycles. The SMILES string of the molecule is Cc1ccc2nc(NC(=O)Cc3c(C)n[nH]c3C)sc2c1. The number of H-pyrrole nitrogens is 1. The minimum Gasteiger partial charge on any atom is -0.302 e. The Labute approximate surface area is 126 Å². The maximum atomic E-state index is 12.1. The maximum Gasteiger partial charge on any atom is 0.230 e. The second-order valence-electron chi connectivity index (χ2n) is 5.13. The van der Waals surface area contributed by atoms with Crippen molar-refractivity contribution < 1.29 is 4.79 Å². The molecular formula is C15H16N4OS. The number of rotatable bonds is 3. The summed E-state index contributed by atoms with van der Waals surface area (Å²) in [5, 5.41) is 10.5. The van der Waals surface area contributed by atoms with Crippen molar-refractivity contribution in [1.29, 1.82) is 0 Å². The van der Waals surface area contributed by atoms with Gasteiger partial charge in [-0.05, 0) is 38.5 Å². The molecule has 0 fully saturated rings. The number of benzene rings is 1. The number of nitrogens with one attached hydrogen (secondary N) is 2. The highest BCUT2D eigenvalue weighted by Gasteiger charge is 2.13. The number of fused-ring (bicyclic) bond motifs is 1. The first-order valence-electron chi connectivity index (χ1n) is 6.70. The lowest BCUT2D eigenvalue weighted by Gasteiger charge is -2.01. The van der Waals surface area contributed by atoms with E-state index in [2.05, 4.69) is 26.6 Å². The van der Waals surface area contributed by atoms with Crippen molar-refractivity contribution >= 4 is 32.6 Å². The van der Waals surface area contributed by atoms with Gasteiger partial charge in [-0.25, -0.2) is 4.98 Å². The van der Waals surface area contributed by atoms with Gasteiger partial charge < -0.3 is 5.32 Å². The molecule has 3 rings (SSSR count). The second-order valence-corrected chi connectivity index (χ2v) is 6.16. The molecule has 0 radical (unpaired) electrons. The smallest absolute Gasteiger partial charge is 0.230 e. The van der Waals surface area contributed by atoms with Crippen LogP contribution in [-0.2, 0) is 11.2 Å². The third-order valence-corrected chi connectivity index (χ3v) is 4.34. The van der Waals surface area contributed by atoms with Crippen LogP contribution in [0.15, 0.2) is 18.2 Å². The zero-order valence-electron chi connectivity index (χ0n) is 12.2. The summed E-state index contributed by atoms with van der Waals surface area (Å²) in [6.45, 7) is 5.86. The first-order valence-corrected chi connectivity index (χ1v) is 7.52. The molecule has 0 saturated carbocycles. The van der Waals surface area contributed by atoms with E-state index in [1.807, 2.05) is 32.9 Å². The number of anilines is 1. The molecule has 108 valence electrons. The number of hydrogen-bond donors (Lipinski definition) is 2. The van der Waals surface area contributed by atoms with Crippen LogP contribution in [0.25, 0.3) is 10.2 Å². The first kappa shape index (κ1) is 13.8. The van der Waals surface area contributed by atoms with Crippen molar-refractivity contribution in [3.05, 3.63) is 40.7 Å². The van der Waals surface area contributed by atoms with Crippen LogP contribution in [0.4, 0.5) is 5.13 Å². The number of thiazole rings is 1. The monoisotopic (exact) mass is 300 g/mol. The molecule has 1 amide bonds. The molecule has 2 aromatic heterocycles. The fourth-order valence-electron chi connectivity index (χ4n) is 2.24. The predicted molar refractivity (Wildman–Crippen MR) is 84.8 cm³/mol. The van der Waals surface area contributed by atoms with Crippen molar-refractivity contribution in [3.63, 3.8) is 0 Å². The van der Waals surface area contributed by atoms with Crippen molar-refractivity contribution in [2.45, 2.75) is 27.2 Å². The Morgan fingerprint density at radius 2 is 2.14 bits per heavy atom. The summed E-state index contributed by atoms with van der Waals surface area (Å²) in [6.07, 6.45) is 0.309. The number of carbonyl (C=O) groups excluding carboxylic acids is 1. The van der Waals surface area contributed by atoms with Crippen molar-refractivity contribution in [3.8, 4) is 0 Å². The number of aromatic nitrogens is 3. The molecule has 2 N–H and O–H groups in total. The molecule has 0 saturated heterocycles. The number of aryl methyl sites for hydroxylation is 3. The Hall–Kier alpha value is -2.21. The Morgan fingerprint density at radius 3 is 2.86 bits per heavy atom. The summed E-state index contributed by atoms with van der Waals surface area (Å²) >= 11 is 1.49. The molecule has 6 heteroatoms. The molecule has 0 spiro atoms. The number of hydrogen-bond acceptors (Lipinski definition) is 4.